The summed E-state index contributed by atoms with van der Waals surface area (Å²) in [4.78, 5) is 111. The van der Waals surface area contributed by atoms with Crippen molar-refractivity contribution in [2.75, 3.05) is 46.2 Å². The number of nitrogens with one attached hydrogen (secondary N) is 3. The number of amidine groups is 1. The predicted octanol–water partition coefficient (Wildman–Crippen LogP) is 17.4. The van der Waals surface area contributed by atoms with Crippen LogP contribution >= 0.6 is 0 Å². The number of carbonyl (C=O) groups excluding carboxylic acids is 1. The number of ketones is 1. The third kappa shape index (κ3) is 40.3. The van der Waals surface area contributed by atoms with Gasteiger partial charge in [0.15, 0.2) is 57.9 Å². The second-order valence-corrected chi connectivity index (χ2v) is 29.5. The van der Waals surface area contributed by atoms with Crippen molar-refractivity contribution in [1.82, 2.24) is 25.8 Å². The maximum Gasteiger partial charge on any atom is 0.439 e. The topological polar surface area (TPSA) is 496 Å². The van der Waals surface area contributed by atoms with E-state index in [0.717, 1.165) is 72.5 Å². The van der Waals surface area contributed by atoms with Gasteiger partial charge in [0.25, 0.3) is 5.89 Å². The first kappa shape index (κ1) is 110. The van der Waals surface area contributed by atoms with Crippen molar-refractivity contribution in [1.29, 1.82) is 0 Å². The number of H-pyrrole nitrogens is 2. The molecule has 0 aliphatic carbocycles. The average molecular weight is 1840 g/mol. The molecule has 2 aromatic heterocycles. The quantitative estimate of drug-likeness (QED) is 0.0175. The van der Waals surface area contributed by atoms with E-state index in [-0.39, 0.29) is 37.2 Å². The second kappa shape index (κ2) is 56.6. The summed E-state index contributed by atoms with van der Waals surface area (Å²) < 4.78 is 57.9. The van der Waals surface area contributed by atoms with Gasteiger partial charge in [0.2, 0.25) is 11.7 Å². The fourth-order valence-corrected chi connectivity index (χ4v) is 10.9. The van der Waals surface area contributed by atoms with Gasteiger partial charge in [0, 0.05) is 29.5 Å². The van der Waals surface area contributed by atoms with E-state index in [1.807, 2.05) is 224 Å². The number of ether oxygens (including phenoxy) is 9. The van der Waals surface area contributed by atoms with Crippen LogP contribution in [0.5, 0.6) is 57.5 Å². The lowest BCUT2D eigenvalue weighted by molar-refractivity contribution is -0.152. The van der Waals surface area contributed by atoms with Crippen LogP contribution in [-0.2, 0) is 46.4 Å². The zero-order chi connectivity index (χ0) is 99.0. The van der Waals surface area contributed by atoms with E-state index in [1.54, 1.807) is 43.3 Å². The highest BCUT2D eigenvalue weighted by Crippen LogP contribution is 2.34. The Bertz CT molecular complexity index is 5770. The molecule has 0 saturated carbocycles. The molecule has 0 spiro atoms. The molecule has 0 bridgehead atoms. The van der Waals surface area contributed by atoms with Gasteiger partial charge in [-0.1, -0.05) is 107 Å². The number of Topliss-reactive ketones (excluding diaryl/α,β-unsaturated/α-hetero) is 1. The smallest absolute Gasteiger partial charge is 0.439 e. The highest BCUT2D eigenvalue weighted by Gasteiger charge is 2.31. The molecular weight excluding hydrogens is 1720 g/mol. The Hall–Kier alpha value is -15.6. The minimum absolute atomic E-state index is 0.0144. The fourth-order valence-electron chi connectivity index (χ4n) is 10.9. The van der Waals surface area contributed by atoms with Crippen molar-refractivity contribution in [2.24, 2.45) is 4.99 Å². The minimum atomic E-state index is -1.41. The monoisotopic (exact) mass is 1840 g/mol. The van der Waals surface area contributed by atoms with Gasteiger partial charge in [-0.15, -0.1) is 0 Å². The summed E-state index contributed by atoms with van der Waals surface area (Å²) >= 11 is 0. The van der Waals surface area contributed by atoms with Crippen LogP contribution in [0.2, 0.25) is 0 Å². The molecule has 11 aromatic rings. The maximum atomic E-state index is 11.1. The third-order valence-corrected chi connectivity index (χ3v) is 17.6. The first-order valence-corrected chi connectivity index (χ1v) is 42.1. The molecular formula is C99H118N6O28. The Morgan fingerprint density at radius 3 is 1.34 bits per heavy atom. The van der Waals surface area contributed by atoms with Crippen molar-refractivity contribution >= 4 is 47.4 Å². The maximum absolute atomic E-state index is 11.1. The van der Waals surface area contributed by atoms with Crippen molar-refractivity contribution in [3.05, 3.63) is 282 Å². The number of benzene rings is 9. The standard InChI is InChI=1S/C13H18O4.C12H16O4.C12H14O4.C12H16O4.C12H16O3.C11H12N2O3.C10H10N2O.C9H8N2O2.C8H8O3/c1-5-16-11-8-9(2)6-7-10(11)17-13(3,4)12(14)15;1-4-15-11-7-8(2)5-6-10(11)16-9(3)12(13)14;1-3-16-11-6-8(2)4-5-9(11)7-10(13)12(14)15;1-3-15-11-8-9(2)4-5-10(11)16-7-6-12(13)14;1-3-15-11-8-9(2)4-5-10(11)6-7-12(13)14;1-3-15-9-6-7(2)4-5-8(9)10-12-11(14)16-13-10;1-7-3-5-9(6-4-7)10-11-8(2)13-12-10;1-6-2-4-7(5-3-6)8-10-9(12)11-13-8;1-5-2-3-6(8(10)11)7(9)4-5/h6-8H,5H2,1-4H3,(H,14,15);5-7,9H,4H2,1-3H3,(H,13,14);4-6H,3,7H2,1-2H3,(H,14,15);4-5,8H,3,6-7H2,1-2H3,(H,13,14);4-5,8H,3,6-7H2,1-2H3,(H,13,14);4-6H,3H2,1-2H3,(H,12,13,14);3-6H,2H2,1H3,(H,11,12);2-5H,1H3,(H,11,12);2-4,9H,1H3,(H,10,11). The van der Waals surface area contributed by atoms with E-state index < -0.39 is 64.7 Å². The lowest BCUT2D eigenvalue weighted by Gasteiger charge is -2.23. The van der Waals surface area contributed by atoms with Gasteiger partial charge in [-0.2, -0.15) is 15.1 Å². The first-order chi connectivity index (χ1) is 63.0. The summed E-state index contributed by atoms with van der Waals surface area (Å²) in [5.74, 6) is -0.564. The highest BCUT2D eigenvalue weighted by atomic mass is 16.7. The van der Waals surface area contributed by atoms with Gasteiger partial charge in [0.05, 0.1) is 58.2 Å². The Morgan fingerprint density at radius 2 is 0.895 bits per heavy atom. The number of aliphatic carboxylic acids is 5. The van der Waals surface area contributed by atoms with Gasteiger partial charge in [0.1, 0.15) is 28.6 Å². The lowest BCUT2D eigenvalue weighted by atomic mass is 10.1. The van der Waals surface area contributed by atoms with Crippen LogP contribution in [0.25, 0.3) is 22.8 Å². The molecule has 10 N–H and O–H groups in total. The summed E-state index contributed by atoms with van der Waals surface area (Å²) in [6.45, 7) is 40.2. The molecule has 12 rings (SSSR count). The number of aromatic hydroxyl groups is 1. The van der Waals surface area contributed by atoms with E-state index >= 15 is 0 Å². The second-order valence-electron chi connectivity index (χ2n) is 29.5. The van der Waals surface area contributed by atoms with Gasteiger partial charge < -0.3 is 87.7 Å². The van der Waals surface area contributed by atoms with Gasteiger partial charge in [-0.25, -0.2) is 34.2 Å². The van der Waals surface area contributed by atoms with Crippen molar-refractivity contribution < 1.29 is 126 Å². The number of hydrogen-bond acceptors (Lipinski definition) is 26. The Kier molecular flexibility index (Phi) is 46.7. The number of hydroxylamine groups is 1. The molecule has 34 heteroatoms. The van der Waals surface area contributed by atoms with E-state index in [9.17, 15) is 43.2 Å². The number of aromatic nitrogens is 4. The van der Waals surface area contributed by atoms with Gasteiger partial charge in [-0.05, 0) is 267 Å². The number of carbonyl (C=O) groups is 7. The van der Waals surface area contributed by atoms with Crippen molar-refractivity contribution in [3.8, 4) is 80.3 Å². The summed E-state index contributed by atoms with van der Waals surface area (Å²) in [5, 5.41) is 66.8. The molecule has 0 radical (unpaired) electrons. The van der Waals surface area contributed by atoms with E-state index in [1.165, 1.54) is 38.5 Å². The van der Waals surface area contributed by atoms with Gasteiger partial charge in [-0.3, -0.25) is 23.9 Å². The van der Waals surface area contributed by atoms with E-state index in [2.05, 4.69) is 41.9 Å². The first-order valence-electron chi connectivity index (χ1n) is 42.1. The molecule has 3 heterocycles. The Morgan fingerprint density at radius 1 is 0.474 bits per heavy atom. The number of nitrogens with zero attached hydrogens (tertiary/aromatic N) is 3. The molecule has 1 unspecified atom stereocenters. The molecule has 1 atom stereocenters. The molecule has 34 nitrogen and oxygen atoms in total. The normalized spacial score (nSPS) is 10.8. The Balaban J connectivity index is 0.000000314. The third-order valence-electron chi connectivity index (χ3n) is 17.6. The molecule has 712 valence electrons. The average Bonchev–Trinajstić information content (AvgIpc) is 1.71. The number of hydrogen-bond donors (Lipinski definition) is 10. The van der Waals surface area contributed by atoms with E-state index in [4.69, 9.17) is 87.7 Å². The summed E-state index contributed by atoms with van der Waals surface area (Å²) in [7, 11) is 0. The fraction of sp³-hybridized carbons (Fsp3) is 0.313. The Labute approximate surface area is 770 Å². The molecule has 0 amide bonds. The van der Waals surface area contributed by atoms with Crippen LogP contribution in [0.1, 0.15) is 152 Å². The summed E-state index contributed by atoms with van der Waals surface area (Å²) in [6.07, 6.45) is -0.375. The molecule has 0 saturated heterocycles. The number of phenols is 1. The number of aliphatic imine (C=N–C) groups is 1. The predicted molar refractivity (Wildman–Crippen MR) is 499 cm³/mol. The van der Waals surface area contributed by atoms with Crippen LogP contribution in [-0.4, -0.2) is 161 Å². The zero-order valence-corrected chi connectivity index (χ0v) is 77.9. The largest absolute Gasteiger partial charge is 0.507 e. The minimum Gasteiger partial charge on any atom is -0.507 e. The number of rotatable bonds is 32. The molecule has 133 heavy (non-hydrogen) atoms. The highest BCUT2D eigenvalue weighted by molar-refractivity contribution is 6.33. The van der Waals surface area contributed by atoms with E-state index in [0.29, 0.717) is 121 Å². The van der Waals surface area contributed by atoms with Crippen molar-refractivity contribution in [2.45, 2.75) is 162 Å². The van der Waals surface area contributed by atoms with Crippen molar-refractivity contribution in [3.63, 3.8) is 0 Å². The number of aryl methyl sites for hydroxylation is 10. The lowest BCUT2D eigenvalue weighted by Crippen LogP contribution is -2.38. The van der Waals surface area contributed by atoms with Crippen LogP contribution in [0, 0.1) is 62.3 Å². The number of carboxylic acids is 6. The molecule has 1 aliphatic rings. The number of aromatic carboxylic acids is 1. The van der Waals surface area contributed by atoms with Crippen LogP contribution in [0.3, 0.4) is 0 Å². The number of aromatic amines is 2. The molecule has 0 fully saturated rings. The van der Waals surface area contributed by atoms with Gasteiger partial charge >= 0.3 is 47.3 Å². The summed E-state index contributed by atoms with van der Waals surface area (Å²) in [5.41, 5.74) is 14.6. The van der Waals surface area contributed by atoms with Crippen LogP contribution in [0.15, 0.2) is 212 Å². The number of carboxylic acid groups (broad SMARTS) is 6. The van der Waals surface area contributed by atoms with Crippen LogP contribution < -0.4 is 59.6 Å². The van der Waals surface area contributed by atoms with Crippen LogP contribution in [0.4, 0.5) is 0 Å². The molecule has 1 aliphatic heterocycles. The molecule has 9 aromatic carbocycles. The zero-order valence-electron chi connectivity index (χ0n) is 77.9. The SMILES string of the molecule is C=C1N=C(c2ccc(C)cc2)NO1.CCOc1cc(C)ccc1-c1noc(=O)[nH]1.CCOc1cc(C)ccc1CC(=O)C(=O)O.CCOc1cc(C)ccc1CCC(=O)O.CCOc1cc(C)ccc1OC(C)(C)C(=O)O.CCOc1cc(C)ccc1OC(C)C(=O)O.CCOc1cc(C)ccc1OCCC(=O)O.Cc1ccc(-c2nc(=O)[nH]o2)cc1.Cc1ccc(C(=O)O)c(O)c1. The summed E-state index contributed by atoms with van der Waals surface area (Å²) in [6, 6.07) is 53.3.